The van der Waals surface area contributed by atoms with E-state index in [1.165, 1.54) is 0 Å². The molecule has 0 bridgehead atoms. The highest BCUT2D eigenvalue weighted by atomic mass is 16.3. The van der Waals surface area contributed by atoms with Crippen molar-refractivity contribution in [2.75, 3.05) is 19.0 Å². The predicted molar refractivity (Wildman–Crippen MR) is 126 cm³/mol. The fourth-order valence-corrected chi connectivity index (χ4v) is 2.95. The minimum absolute atomic E-state index is 0.210. The first kappa shape index (κ1) is 27.5. The molecule has 0 aliphatic carbocycles. The number of carbonyl (C=O) groups is 4. The van der Waals surface area contributed by atoms with Crippen molar-refractivity contribution >= 4 is 40.7 Å². The molecule has 2 aromatic carbocycles. The Morgan fingerprint density at radius 1 is 0.939 bits per heavy atom. The average Bonchev–Trinajstić information content (AvgIpc) is 2.80. The Balaban J connectivity index is 0.00000172. The van der Waals surface area contributed by atoms with Gasteiger partial charge >= 0.3 is 0 Å². The number of amides is 3. The molecular formula is C23H32N4O6. The number of hydrogen-bond acceptors (Lipinski definition) is 6. The van der Waals surface area contributed by atoms with Crippen molar-refractivity contribution in [3.05, 3.63) is 42.5 Å². The average molecular weight is 461 g/mol. The summed E-state index contributed by atoms with van der Waals surface area (Å²) >= 11 is 0. The first-order chi connectivity index (χ1) is 15.7. The van der Waals surface area contributed by atoms with Crippen LogP contribution >= 0.6 is 0 Å². The van der Waals surface area contributed by atoms with Crippen LogP contribution in [0.4, 0.5) is 5.69 Å². The lowest BCUT2D eigenvalue weighted by Gasteiger charge is -2.25. The number of likely N-dealkylation sites (N-methyl/N-ethyl adjacent to an activating group) is 1. The summed E-state index contributed by atoms with van der Waals surface area (Å²) < 4.78 is 0. The Hall–Kier alpha value is -3.50. The third-order valence-corrected chi connectivity index (χ3v) is 4.94. The van der Waals surface area contributed by atoms with E-state index in [9.17, 15) is 19.5 Å². The standard InChI is InChI=1S/C22H30N4O4.CH2O2/c1-13(2)19(26-20(28)14(3)23-4)22(30)25-18(12-27)21(29)24-17-11-7-9-15-8-5-6-10-16(15)17;2-1-3/h5-11,13-14,18-19,23,27H,12H2,1-4H3,(H,24,29)(H,25,30)(H,26,28);1H,(H,2,3)/t14-,18-,19-;/m0./s1. The fraction of sp³-hybridized carbons (Fsp3) is 0.391. The molecule has 33 heavy (non-hydrogen) atoms. The molecule has 10 heteroatoms. The lowest BCUT2D eigenvalue weighted by molar-refractivity contribution is -0.133. The second-order valence-corrected chi connectivity index (χ2v) is 7.61. The van der Waals surface area contributed by atoms with Crippen molar-refractivity contribution < 1.29 is 29.4 Å². The van der Waals surface area contributed by atoms with Gasteiger partial charge in [-0.2, -0.15) is 0 Å². The van der Waals surface area contributed by atoms with E-state index >= 15 is 0 Å². The van der Waals surface area contributed by atoms with Crippen LogP contribution in [-0.4, -0.2) is 66.2 Å². The van der Waals surface area contributed by atoms with Crippen LogP contribution in [0.3, 0.4) is 0 Å². The first-order valence-electron chi connectivity index (χ1n) is 10.4. The van der Waals surface area contributed by atoms with E-state index in [0.717, 1.165) is 10.8 Å². The number of nitrogens with one attached hydrogen (secondary N) is 4. The number of benzene rings is 2. The summed E-state index contributed by atoms with van der Waals surface area (Å²) in [7, 11) is 1.65. The zero-order valence-corrected chi connectivity index (χ0v) is 19.2. The minimum Gasteiger partial charge on any atom is -0.483 e. The molecule has 2 aromatic rings. The molecule has 0 aliphatic rings. The van der Waals surface area contributed by atoms with E-state index in [1.807, 2.05) is 36.4 Å². The SMILES string of the molecule is CN[C@@H](C)C(=O)N[C@H](C(=O)N[C@@H](CO)C(=O)Nc1cccc2ccccc12)C(C)C.O=CO. The van der Waals surface area contributed by atoms with Gasteiger partial charge in [-0.05, 0) is 31.3 Å². The normalized spacial score (nSPS) is 13.2. The van der Waals surface area contributed by atoms with E-state index in [-0.39, 0.29) is 18.3 Å². The predicted octanol–water partition coefficient (Wildman–Crippen LogP) is 0.705. The van der Waals surface area contributed by atoms with Gasteiger partial charge in [-0.3, -0.25) is 19.2 Å². The second kappa shape index (κ2) is 13.8. The molecule has 0 radical (unpaired) electrons. The molecule has 0 heterocycles. The van der Waals surface area contributed by atoms with Gasteiger partial charge in [0.2, 0.25) is 17.7 Å². The van der Waals surface area contributed by atoms with Crippen LogP contribution in [0.1, 0.15) is 20.8 Å². The van der Waals surface area contributed by atoms with E-state index in [4.69, 9.17) is 9.90 Å². The van der Waals surface area contributed by atoms with Crippen molar-refractivity contribution in [3.63, 3.8) is 0 Å². The van der Waals surface area contributed by atoms with Gasteiger partial charge in [0, 0.05) is 11.1 Å². The third kappa shape index (κ3) is 8.17. The molecule has 0 unspecified atom stereocenters. The molecule has 2 rings (SSSR count). The van der Waals surface area contributed by atoms with E-state index in [2.05, 4.69) is 21.3 Å². The van der Waals surface area contributed by atoms with Gasteiger partial charge in [0.25, 0.3) is 6.47 Å². The number of aliphatic hydroxyl groups excluding tert-OH is 1. The van der Waals surface area contributed by atoms with Crippen LogP contribution in [0.15, 0.2) is 42.5 Å². The Kier molecular flexibility index (Phi) is 11.5. The molecule has 0 saturated heterocycles. The lowest BCUT2D eigenvalue weighted by Crippen LogP contribution is -2.57. The van der Waals surface area contributed by atoms with Crippen LogP contribution in [0.25, 0.3) is 10.8 Å². The highest BCUT2D eigenvalue weighted by molar-refractivity contribution is 6.05. The van der Waals surface area contributed by atoms with E-state index in [0.29, 0.717) is 5.69 Å². The molecule has 3 atom stereocenters. The summed E-state index contributed by atoms with van der Waals surface area (Å²) in [4.78, 5) is 46.0. The molecule has 0 fully saturated rings. The second-order valence-electron chi connectivity index (χ2n) is 7.61. The minimum atomic E-state index is -1.16. The summed E-state index contributed by atoms with van der Waals surface area (Å²) in [5.74, 6) is -1.61. The highest BCUT2D eigenvalue weighted by Gasteiger charge is 2.29. The molecule has 3 amide bonds. The zero-order valence-electron chi connectivity index (χ0n) is 19.2. The first-order valence-corrected chi connectivity index (χ1v) is 10.4. The Morgan fingerprint density at radius 2 is 1.55 bits per heavy atom. The van der Waals surface area contributed by atoms with Crippen molar-refractivity contribution in [1.29, 1.82) is 0 Å². The Morgan fingerprint density at radius 3 is 2.12 bits per heavy atom. The van der Waals surface area contributed by atoms with Crippen molar-refractivity contribution in [1.82, 2.24) is 16.0 Å². The Labute approximate surface area is 192 Å². The molecule has 0 aromatic heterocycles. The van der Waals surface area contributed by atoms with Crippen LogP contribution < -0.4 is 21.3 Å². The number of hydrogen-bond donors (Lipinski definition) is 6. The van der Waals surface area contributed by atoms with Crippen molar-refractivity contribution in [2.24, 2.45) is 5.92 Å². The van der Waals surface area contributed by atoms with Gasteiger partial charge in [0.05, 0.1) is 12.6 Å². The summed E-state index contributed by atoms with van der Waals surface area (Å²) in [5, 5.41) is 29.2. The maximum absolute atomic E-state index is 12.7. The van der Waals surface area contributed by atoms with E-state index in [1.54, 1.807) is 33.9 Å². The van der Waals surface area contributed by atoms with Gasteiger partial charge in [-0.15, -0.1) is 0 Å². The monoisotopic (exact) mass is 460 g/mol. The maximum Gasteiger partial charge on any atom is 0.290 e. The van der Waals surface area contributed by atoms with Crippen LogP contribution in [-0.2, 0) is 19.2 Å². The fourth-order valence-electron chi connectivity index (χ4n) is 2.95. The van der Waals surface area contributed by atoms with E-state index < -0.39 is 36.5 Å². The molecule has 180 valence electrons. The number of fused-ring (bicyclic) bond motifs is 1. The molecule has 6 N–H and O–H groups in total. The molecule has 10 nitrogen and oxygen atoms in total. The van der Waals surface area contributed by atoms with Crippen LogP contribution in [0.5, 0.6) is 0 Å². The van der Waals surface area contributed by atoms with Gasteiger partial charge in [0.1, 0.15) is 12.1 Å². The number of carboxylic acid groups (broad SMARTS) is 1. The van der Waals surface area contributed by atoms with Gasteiger partial charge in [-0.1, -0.05) is 50.2 Å². The number of aliphatic hydroxyl groups is 1. The van der Waals surface area contributed by atoms with Crippen LogP contribution in [0.2, 0.25) is 0 Å². The van der Waals surface area contributed by atoms with Gasteiger partial charge in [-0.25, -0.2) is 0 Å². The summed E-state index contributed by atoms with van der Waals surface area (Å²) in [5.41, 5.74) is 0.586. The smallest absolute Gasteiger partial charge is 0.290 e. The topological polar surface area (TPSA) is 157 Å². The number of rotatable bonds is 9. The molecule has 0 saturated carbocycles. The van der Waals surface area contributed by atoms with Gasteiger partial charge in [0.15, 0.2) is 0 Å². The van der Waals surface area contributed by atoms with Crippen molar-refractivity contribution in [2.45, 2.75) is 38.9 Å². The summed E-state index contributed by atoms with van der Waals surface area (Å²) in [6.45, 7) is 4.43. The van der Waals surface area contributed by atoms with Crippen LogP contribution in [0, 0.1) is 5.92 Å². The quantitative estimate of drug-likeness (QED) is 0.301. The highest BCUT2D eigenvalue weighted by Crippen LogP contribution is 2.23. The number of carbonyl (C=O) groups excluding carboxylic acids is 3. The largest absolute Gasteiger partial charge is 0.483 e. The summed E-state index contributed by atoms with van der Waals surface area (Å²) in [6, 6.07) is 10.6. The van der Waals surface area contributed by atoms with Crippen molar-refractivity contribution in [3.8, 4) is 0 Å². The summed E-state index contributed by atoms with van der Waals surface area (Å²) in [6.07, 6.45) is 0. The van der Waals surface area contributed by atoms with Gasteiger partial charge < -0.3 is 31.5 Å². The zero-order chi connectivity index (χ0) is 25.0. The Bertz CT molecular complexity index is 944. The maximum atomic E-state index is 12.7. The number of anilines is 1. The molecule has 0 spiro atoms. The molecule has 0 aliphatic heterocycles. The molecular weight excluding hydrogens is 428 g/mol. The third-order valence-electron chi connectivity index (χ3n) is 4.94. The lowest BCUT2D eigenvalue weighted by atomic mass is 10.0.